The van der Waals surface area contributed by atoms with Gasteiger partial charge in [0.15, 0.2) is 11.6 Å². The third-order valence-corrected chi connectivity index (χ3v) is 5.12. The molecule has 0 saturated heterocycles. The molecule has 0 aliphatic rings. The first-order chi connectivity index (χ1) is 10.3. The molecule has 2 aromatic carbocycles. The highest BCUT2D eigenvalue weighted by molar-refractivity contribution is 7.92. The van der Waals surface area contributed by atoms with Gasteiger partial charge in [-0.2, -0.15) is 0 Å². The minimum absolute atomic E-state index is 0.0635. The zero-order valence-corrected chi connectivity index (χ0v) is 13.3. The molecule has 0 spiro atoms. The maximum Gasteiger partial charge on any atom is 0.264 e. The van der Waals surface area contributed by atoms with Crippen molar-refractivity contribution in [3.05, 3.63) is 53.1 Å². The molecular weight excluding hydrogens is 336 g/mol. The van der Waals surface area contributed by atoms with Crippen molar-refractivity contribution in [2.45, 2.75) is 4.90 Å². The van der Waals surface area contributed by atoms with Crippen LogP contribution in [0.25, 0.3) is 0 Å². The molecule has 0 radical (unpaired) electrons. The second kappa shape index (κ2) is 6.10. The monoisotopic (exact) mass is 347 g/mol. The third kappa shape index (κ3) is 3.00. The van der Waals surface area contributed by atoms with Gasteiger partial charge >= 0.3 is 0 Å². The Morgan fingerprint density at radius 2 is 1.77 bits per heavy atom. The Hall–Kier alpha value is -1.86. The normalized spacial score (nSPS) is 11.3. The molecule has 0 amide bonds. The number of benzene rings is 2. The highest BCUT2D eigenvalue weighted by atomic mass is 35.5. The molecule has 0 unspecified atom stereocenters. The standard InChI is InChI=1S/C14H12ClF2NO3S/c1-18(9-3-5-12(16)11(15)7-9)22(19,20)10-4-6-14(21-2)13(17)8-10/h3-8H,1-2H3. The van der Waals surface area contributed by atoms with Gasteiger partial charge in [-0.25, -0.2) is 17.2 Å². The Balaban J connectivity index is 2.44. The zero-order valence-electron chi connectivity index (χ0n) is 11.7. The Labute approximate surface area is 131 Å². The highest BCUT2D eigenvalue weighted by Crippen LogP contribution is 2.28. The van der Waals surface area contributed by atoms with Crippen LogP contribution >= 0.6 is 11.6 Å². The number of hydrogen-bond acceptors (Lipinski definition) is 3. The lowest BCUT2D eigenvalue weighted by Gasteiger charge is -2.20. The Morgan fingerprint density at radius 1 is 1.09 bits per heavy atom. The van der Waals surface area contributed by atoms with Gasteiger partial charge in [0.25, 0.3) is 10.0 Å². The number of hydrogen-bond donors (Lipinski definition) is 0. The van der Waals surface area contributed by atoms with E-state index in [1.54, 1.807) is 0 Å². The van der Waals surface area contributed by atoms with Gasteiger partial charge in [0.05, 0.1) is 22.7 Å². The Morgan fingerprint density at radius 3 is 2.32 bits per heavy atom. The van der Waals surface area contributed by atoms with Crippen LogP contribution in [0, 0.1) is 11.6 Å². The number of sulfonamides is 1. The van der Waals surface area contributed by atoms with E-state index in [1.807, 2.05) is 0 Å². The number of methoxy groups -OCH3 is 1. The summed E-state index contributed by atoms with van der Waals surface area (Å²) >= 11 is 5.65. The van der Waals surface area contributed by atoms with E-state index < -0.39 is 21.7 Å². The molecule has 4 nitrogen and oxygen atoms in total. The van der Waals surface area contributed by atoms with Crippen LogP contribution < -0.4 is 9.04 Å². The van der Waals surface area contributed by atoms with E-state index in [0.29, 0.717) is 0 Å². The second-order valence-electron chi connectivity index (χ2n) is 4.37. The van der Waals surface area contributed by atoms with Crippen LogP contribution in [0.1, 0.15) is 0 Å². The van der Waals surface area contributed by atoms with Crippen molar-refractivity contribution < 1.29 is 21.9 Å². The average Bonchev–Trinajstić information content (AvgIpc) is 2.49. The minimum atomic E-state index is -4.01. The fourth-order valence-corrected chi connectivity index (χ4v) is 3.16. The summed E-state index contributed by atoms with van der Waals surface area (Å²) in [5.74, 6) is -1.52. The topological polar surface area (TPSA) is 46.6 Å². The van der Waals surface area contributed by atoms with Crippen molar-refractivity contribution in [2.24, 2.45) is 0 Å². The molecule has 0 bridgehead atoms. The summed E-state index contributed by atoms with van der Waals surface area (Å²) in [7, 11) is -1.47. The van der Waals surface area contributed by atoms with Gasteiger partial charge in [-0.05, 0) is 36.4 Å². The van der Waals surface area contributed by atoms with Gasteiger partial charge in [-0.15, -0.1) is 0 Å². The van der Waals surface area contributed by atoms with Gasteiger partial charge in [-0.3, -0.25) is 4.31 Å². The molecule has 0 heterocycles. The van der Waals surface area contributed by atoms with E-state index in [0.717, 1.165) is 16.4 Å². The first-order valence-corrected chi connectivity index (χ1v) is 7.86. The maximum absolute atomic E-state index is 13.7. The van der Waals surface area contributed by atoms with E-state index in [4.69, 9.17) is 16.3 Å². The molecule has 118 valence electrons. The predicted molar refractivity (Wildman–Crippen MR) is 80.0 cm³/mol. The van der Waals surface area contributed by atoms with Crippen LogP contribution in [-0.2, 0) is 10.0 Å². The highest BCUT2D eigenvalue weighted by Gasteiger charge is 2.23. The van der Waals surface area contributed by atoms with E-state index in [2.05, 4.69) is 0 Å². The molecule has 2 aromatic rings. The number of ether oxygens (including phenoxy) is 1. The van der Waals surface area contributed by atoms with E-state index in [-0.39, 0.29) is 21.4 Å². The van der Waals surface area contributed by atoms with Gasteiger partial charge in [0.1, 0.15) is 5.82 Å². The average molecular weight is 348 g/mol. The smallest absolute Gasteiger partial charge is 0.264 e. The lowest BCUT2D eigenvalue weighted by atomic mass is 10.3. The predicted octanol–water partition coefficient (Wildman–Crippen LogP) is 3.45. The molecule has 8 heteroatoms. The number of halogens is 3. The van der Waals surface area contributed by atoms with Gasteiger partial charge in [0.2, 0.25) is 0 Å². The molecule has 0 aliphatic carbocycles. The molecule has 0 aliphatic heterocycles. The van der Waals surface area contributed by atoms with Crippen molar-refractivity contribution in [1.29, 1.82) is 0 Å². The van der Waals surface area contributed by atoms with Crippen LogP contribution in [0.4, 0.5) is 14.5 Å². The zero-order chi connectivity index (χ0) is 16.5. The van der Waals surface area contributed by atoms with E-state index in [1.165, 1.54) is 38.4 Å². The first kappa shape index (κ1) is 16.5. The number of anilines is 1. The van der Waals surface area contributed by atoms with Crippen molar-refractivity contribution in [3.8, 4) is 5.75 Å². The molecule has 0 N–H and O–H groups in total. The van der Waals surface area contributed by atoms with Crippen LogP contribution in [0.5, 0.6) is 5.75 Å². The minimum Gasteiger partial charge on any atom is -0.494 e. The largest absolute Gasteiger partial charge is 0.494 e. The summed E-state index contributed by atoms with van der Waals surface area (Å²) < 4.78 is 57.4. The van der Waals surface area contributed by atoms with Crippen LogP contribution in [-0.4, -0.2) is 22.6 Å². The number of nitrogens with zero attached hydrogens (tertiary/aromatic N) is 1. The molecule has 0 aromatic heterocycles. The van der Waals surface area contributed by atoms with Crippen molar-refractivity contribution >= 4 is 27.3 Å². The van der Waals surface area contributed by atoms with Crippen LogP contribution in [0.2, 0.25) is 5.02 Å². The summed E-state index contributed by atoms with van der Waals surface area (Å²) in [4.78, 5) is -0.256. The SMILES string of the molecule is COc1ccc(S(=O)(=O)N(C)c2ccc(F)c(Cl)c2)cc1F. The summed E-state index contributed by atoms with van der Waals surface area (Å²) in [6, 6.07) is 6.79. The fraction of sp³-hybridized carbons (Fsp3) is 0.143. The van der Waals surface area contributed by atoms with Crippen LogP contribution in [0.15, 0.2) is 41.3 Å². The Kier molecular flexibility index (Phi) is 4.58. The van der Waals surface area contributed by atoms with Gasteiger partial charge in [-0.1, -0.05) is 11.6 Å². The molecule has 0 saturated carbocycles. The molecular formula is C14H12ClF2NO3S. The van der Waals surface area contributed by atoms with Crippen LogP contribution in [0.3, 0.4) is 0 Å². The van der Waals surface area contributed by atoms with Gasteiger partial charge < -0.3 is 4.74 Å². The van der Waals surface area contributed by atoms with Crippen molar-refractivity contribution in [2.75, 3.05) is 18.5 Å². The van der Waals surface area contributed by atoms with Crippen molar-refractivity contribution in [3.63, 3.8) is 0 Å². The maximum atomic E-state index is 13.7. The van der Waals surface area contributed by atoms with E-state index >= 15 is 0 Å². The van der Waals surface area contributed by atoms with E-state index in [9.17, 15) is 17.2 Å². The summed E-state index contributed by atoms with van der Waals surface area (Å²) in [6.07, 6.45) is 0. The summed E-state index contributed by atoms with van der Waals surface area (Å²) in [5.41, 5.74) is 0.155. The molecule has 22 heavy (non-hydrogen) atoms. The second-order valence-corrected chi connectivity index (χ2v) is 6.74. The lowest BCUT2D eigenvalue weighted by molar-refractivity contribution is 0.385. The van der Waals surface area contributed by atoms with Crippen molar-refractivity contribution in [1.82, 2.24) is 0 Å². The third-order valence-electron chi connectivity index (χ3n) is 3.05. The molecule has 0 fully saturated rings. The first-order valence-electron chi connectivity index (χ1n) is 6.05. The fourth-order valence-electron chi connectivity index (χ4n) is 1.79. The number of rotatable bonds is 4. The van der Waals surface area contributed by atoms with Gasteiger partial charge in [0, 0.05) is 7.05 Å². The summed E-state index contributed by atoms with van der Waals surface area (Å²) in [6.45, 7) is 0. The quantitative estimate of drug-likeness (QED) is 0.851. The molecule has 2 rings (SSSR count). The Bertz CT molecular complexity index is 812. The molecule has 0 atom stereocenters. The lowest BCUT2D eigenvalue weighted by Crippen LogP contribution is -2.26. The summed E-state index contributed by atoms with van der Waals surface area (Å²) in [5, 5.41) is -0.208.